The Morgan fingerprint density at radius 2 is 1.61 bits per heavy atom. The topological polar surface area (TPSA) is 58.5 Å². The zero-order valence-corrected chi connectivity index (χ0v) is 20.3. The van der Waals surface area contributed by atoms with Crippen LogP contribution in [0.1, 0.15) is 29.3 Å². The van der Waals surface area contributed by atoms with Crippen LogP contribution in [-0.4, -0.2) is 24.0 Å². The molecule has 3 rings (SSSR count). The number of aliphatic imine (C=N–C) groups is 1. The monoisotopic (exact) mass is 530 g/mol. The third-order valence-electron chi connectivity index (χ3n) is 4.54. The summed E-state index contributed by atoms with van der Waals surface area (Å²) in [5.74, 6) is 0.819. The van der Waals surface area contributed by atoms with Crippen molar-refractivity contribution >= 4 is 29.9 Å². The van der Waals surface area contributed by atoms with E-state index < -0.39 is 0 Å². The molecule has 31 heavy (non-hydrogen) atoms. The van der Waals surface area contributed by atoms with Crippen LogP contribution < -0.4 is 10.6 Å². The molecule has 0 saturated heterocycles. The maximum Gasteiger partial charge on any atom is 0.191 e. The number of nitrogens with one attached hydrogen (secondary N) is 2. The van der Waals surface area contributed by atoms with Gasteiger partial charge in [-0.25, -0.2) is 4.99 Å². The number of pyridine rings is 1. The van der Waals surface area contributed by atoms with Gasteiger partial charge in [-0.2, -0.15) is 0 Å². The standard InChI is InChI=1S/C25H30N4O.HI/c1-2-26-25(28-16-14-24-13-6-7-15-27-24)29-18-22-11-8-12-23(17-22)20-30-19-21-9-4-3-5-10-21;/h3-13,15,17H,2,14,16,18-20H2,1H3,(H2,26,28,29);1H. The number of halogens is 1. The van der Waals surface area contributed by atoms with Gasteiger partial charge >= 0.3 is 0 Å². The van der Waals surface area contributed by atoms with E-state index in [1.807, 2.05) is 42.6 Å². The van der Waals surface area contributed by atoms with Crippen molar-refractivity contribution in [3.05, 3.63) is 101 Å². The van der Waals surface area contributed by atoms with Crippen molar-refractivity contribution in [3.63, 3.8) is 0 Å². The predicted molar refractivity (Wildman–Crippen MR) is 138 cm³/mol. The normalized spacial score (nSPS) is 10.9. The number of hydrogen-bond donors (Lipinski definition) is 2. The maximum atomic E-state index is 5.85. The Kier molecular flexibility index (Phi) is 11.6. The Morgan fingerprint density at radius 1 is 0.871 bits per heavy atom. The molecule has 0 saturated carbocycles. The Morgan fingerprint density at radius 3 is 2.39 bits per heavy atom. The van der Waals surface area contributed by atoms with Crippen molar-refractivity contribution in [3.8, 4) is 0 Å². The molecule has 0 aliphatic carbocycles. The lowest BCUT2D eigenvalue weighted by atomic mass is 10.1. The zero-order chi connectivity index (χ0) is 20.9. The smallest absolute Gasteiger partial charge is 0.191 e. The van der Waals surface area contributed by atoms with Crippen molar-refractivity contribution < 1.29 is 4.74 Å². The number of nitrogens with zero attached hydrogens (tertiary/aromatic N) is 2. The molecule has 0 amide bonds. The minimum absolute atomic E-state index is 0. The van der Waals surface area contributed by atoms with Crippen LogP contribution in [0.5, 0.6) is 0 Å². The van der Waals surface area contributed by atoms with Crippen LogP contribution in [0.4, 0.5) is 0 Å². The van der Waals surface area contributed by atoms with Gasteiger partial charge in [0.15, 0.2) is 5.96 Å². The van der Waals surface area contributed by atoms with Gasteiger partial charge in [0.25, 0.3) is 0 Å². The number of hydrogen-bond acceptors (Lipinski definition) is 3. The highest BCUT2D eigenvalue weighted by Crippen LogP contribution is 2.10. The van der Waals surface area contributed by atoms with Gasteiger partial charge in [-0.05, 0) is 35.7 Å². The van der Waals surface area contributed by atoms with Crippen LogP contribution in [0, 0.1) is 0 Å². The van der Waals surface area contributed by atoms with Crippen LogP contribution in [-0.2, 0) is 30.9 Å². The number of aromatic nitrogens is 1. The molecule has 0 aliphatic heterocycles. The van der Waals surface area contributed by atoms with E-state index >= 15 is 0 Å². The zero-order valence-electron chi connectivity index (χ0n) is 18.0. The molecule has 0 bridgehead atoms. The van der Waals surface area contributed by atoms with Gasteiger partial charge < -0.3 is 15.4 Å². The van der Waals surface area contributed by atoms with Gasteiger partial charge in [0.05, 0.1) is 19.8 Å². The van der Waals surface area contributed by atoms with E-state index in [1.54, 1.807) is 0 Å². The molecule has 1 heterocycles. The first-order valence-corrected chi connectivity index (χ1v) is 10.4. The molecule has 0 atom stereocenters. The fourth-order valence-electron chi connectivity index (χ4n) is 3.05. The van der Waals surface area contributed by atoms with Crippen molar-refractivity contribution in [2.75, 3.05) is 13.1 Å². The fourth-order valence-corrected chi connectivity index (χ4v) is 3.05. The molecule has 0 fully saturated rings. The minimum Gasteiger partial charge on any atom is -0.372 e. The molecular formula is C25H31IN4O. The van der Waals surface area contributed by atoms with E-state index in [2.05, 4.69) is 58.9 Å². The second-order valence-corrected chi connectivity index (χ2v) is 6.99. The third-order valence-corrected chi connectivity index (χ3v) is 4.54. The molecule has 0 spiro atoms. The van der Waals surface area contributed by atoms with Crippen LogP contribution in [0.2, 0.25) is 0 Å². The highest BCUT2D eigenvalue weighted by Gasteiger charge is 2.01. The fraction of sp³-hybridized carbons (Fsp3) is 0.280. The Hall–Kier alpha value is -2.45. The summed E-state index contributed by atoms with van der Waals surface area (Å²) in [7, 11) is 0. The molecule has 1 aromatic heterocycles. The number of rotatable bonds is 10. The Balaban J connectivity index is 0.00000341. The minimum atomic E-state index is 0. The summed E-state index contributed by atoms with van der Waals surface area (Å²) in [5.41, 5.74) is 4.58. The van der Waals surface area contributed by atoms with Gasteiger partial charge in [-0.3, -0.25) is 4.98 Å². The Labute approximate surface area is 202 Å². The van der Waals surface area contributed by atoms with E-state index in [0.29, 0.717) is 19.8 Å². The number of guanidine groups is 1. The molecule has 2 aromatic carbocycles. The molecule has 2 N–H and O–H groups in total. The van der Waals surface area contributed by atoms with E-state index in [4.69, 9.17) is 9.73 Å². The van der Waals surface area contributed by atoms with E-state index in [1.165, 1.54) is 5.56 Å². The summed E-state index contributed by atoms with van der Waals surface area (Å²) in [5, 5.41) is 6.68. The number of benzene rings is 2. The average Bonchev–Trinajstić information content (AvgIpc) is 2.79. The lowest BCUT2D eigenvalue weighted by Gasteiger charge is -2.11. The van der Waals surface area contributed by atoms with Crippen LogP contribution in [0.25, 0.3) is 0 Å². The molecule has 5 nitrogen and oxygen atoms in total. The summed E-state index contributed by atoms with van der Waals surface area (Å²) in [6.07, 6.45) is 2.69. The van der Waals surface area contributed by atoms with E-state index in [-0.39, 0.29) is 24.0 Å². The van der Waals surface area contributed by atoms with Crippen LogP contribution in [0.3, 0.4) is 0 Å². The van der Waals surface area contributed by atoms with Gasteiger partial charge in [-0.1, -0.05) is 60.7 Å². The molecule has 3 aromatic rings. The number of ether oxygens (including phenoxy) is 1. The van der Waals surface area contributed by atoms with Crippen molar-refractivity contribution in [1.82, 2.24) is 15.6 Å². The summed E-state index contributed by atoms with van der Waals surface area (Å²) in [6, 6.07) is 24.6. The largest absolute Gasteiger partial charge is 0.372 e. The van der Waals surface area contributed by atoms with E-state index in [0.717, 1.165) is 42.3 Å². The first-order valence-electron chi connectivity index (χ1n) is 10.4. The van der Waals surface area contributed by atoms with E-state index in [9.17, 15) is 0 Å². The highest BCUT2D eigenvalue weighted by molar-refractivity contribution is 14.0. The van der Waals surface area contributed by atoms with Crippen molar-refractivity contribution in [2.24, 2.45) is 4.99 Å². The van der Waals surface area contributed by atoms with Gasteiger partial charge in [0.2, 0.25) is 0 Å². The second kappa shape index (κ2) is 14.5. The predicted octanol–water partition coefficient (Wildman–Crippen LogP) is 4.71. The second-order valence-electron chi connectivity index (χ2n) is 6.99. The summed E-state index contributed by atoms with van der Waals surface area (Å²) in [4.78, 5) is 9.07. The van der Waals surface area contributed by atoms with Crippen LogP contribution in [0.15, 0.2) is 84.0 Å². The highest BCUT2D eigenvalue weighted by atomic mass is 127. The summed E-state index contributed by atoms with van der Waals surface area (Å²) in [6.45, 7) is 5.51. The first-order chi connectivity index (χ1) is 14.8. The molecular weight excluding hydrogens is 499 g/mol. The molecule has 0 unspecified atom stereocenters. The van der Waals surface area contributed by atoms with Crippen molar-refractivity contribution in [1.29, 1.82) is 0 Å². The SMILES string of the molecule is CCNC(=NCc1cccc(COCc2ccccc2)c1)NCCc1ccccn1.I. The summed E-state index contributed by atoms with van der Waals surface area (Å²) < 4.78 is 5.85. The quantitative estimate of drug-likeness (QED) is 0.227. The lowest BCUT2D eigenvalue weighted by molar-refractivity contribution is 0.107. The average molecular weight is 530 g/mol. The molecule has 0 aliphatic rings. The van der Waals surface area contributed by atoms with Gasteiger partial charge in [-0.15, -0.1) is 24.0 Å². The van der Waals surface area contributed by atoms with Crippen molar-refractivity contribution in [2.45, 2.75) is 33.1 Å². The molecule has 164 valence electrons. The maximum absolute atomic E-state index is 5.85. The van der Waals surface area contributed by atoms with Gasteiger partial charge in [0, 0.05) is 31.4 Å². The first kappa shape index (κ1) is 24.8. The molecule has 6 heteroatoms. The summed E-state index contributed by atoms with van der Waals surface area (Å²) >= 11 is 0. The third kappa shape index (κ3) is 9.48. The van der Waals surface area contributed by atoms with Gasteiger partial charge in [0.1, 0.15) is 0 Å². The molecule has 0 radical (unpaired) electrons. The van der Waals surface area contributed by atoms with Crippen LogP contribution >= 0.6 is 24.0 Å². The Bertz CT molecular complexity index is 904. The lowest BCUT2D eigenvalue weighted by Crippen LogP contribution is -2.38.